The van der Waals surface area contributed by atoms with Crippen LogP contribution in [0.5, 0.6) is 5.75 Å². The van der Waals surface area contributed by atoms with Crippen LogP contribution >= 0.6 is 24.0 Å². The summed E-state index contributed by atoms with van der Waals surface area (Å²) in [6, 6.07) is 5.23. The molecule has 2 rings (SSSR count). The molecule has 1 aromatic carbocycles. The molecule has 1 aliphatic heterocycles. The standard InChI is InChI=1S/C13H17ClN2O2.ClH/c1-13(5-6-15-8-13)12(17)16-9-3-4-11(18-2)10(14)7-9;/h3-4,7,15H,5-6,8H2,1-2H3,(H,16,17);1H. The van der Waals surface area contributed by atoms with Crippen molar-refractivity contribution in [3.05, 3.63) is 23.2 Å². The van der Waals surface area contributed by atoms with Crippen molar-refractivity contribution in [3.63, 3.8) is 0 Å². The Morgan fingerprint density at radius 1 is 1.53 bits per heavy atom. The second-order valence-electron chi connectivity index (χ2n) is 4.79. The van der Waals surface area contributed by atoms with E-state index in [1.165, 1.54) is 0 Å². The van der Waals surface area contributed by atoms with Gasteiger partial charge in [-0.15, -0.1) is 12.4 Å². The van der Waals surface area contributed by atoms with E-state index in [-0.39, 0.29) is 23.7 Å². The third-order valence-corrected chi connectivity index (χ3v) is 3.62. The van der Waals surface area contributed by atoms with Crippen molar-refractivity contribution in [2.75, 3.05) is 25.5 Å². The molecule has 19 heavy (non-hydrogen) atoms. The Hall–Kier alpha value is -0.970. The maximum Gasteiger partial charge on any atom is 0.231 e. The van der Waals surface area contributed by atoms with Crippen molar-refractivity contribution in [1.82, 2.24) is 5.32 Å². The van der Waals surface area contributed by atoms with Gasteiger partial charge in [-0.3, -0.25) is 4.79 Å². The second-order valence-corrected chi connectivity index (χ2v) is 5.20. The number of nitrogens with one attached hydrogen (secondary N) is 2. The average molecular weight is 305 g/mol. The molecule has 0 radical (unpaired) electrons. The lowest BCUT2D eigenvalue weighted by molar-refractivity contribution is -0.123. The number of benzene rings is 1. The van der Waals surface area contributed by atoms with Crippen molar-refractivity contribution in [1.29, 1.82) is 0 Å². The van der Waals surface area contributed by atoms with E-state index in [4.69, 9.17) is 16.3 Å². The van der Waals surface area contributed by atoms with Gasteiger partial charge >= 0.3 is 0 Å². The van der Waals surface area contributed by atoms with Gasteiger partial charge in [0.15, 0.2) is 0 Å². The molecule has 0 aromatic heterocycles. The summed E-state index contributed by atoms with van der Waals surface area (Å²) in [5.74, 6) is 0.622. The minimum absolute atomic E-state index is 0. The molecule has 0 bridgehead atoms. The molecule has 1 aromatic rings. The monoisotopic (exact) mass is 304 g/mol. The van der Waals surface area contributed by atoms with Crippen molar-refractivity contribution in [3.8, 4) is 5.75 Å². The number of carbonyl (C=O) groups is 1. The third-order valence-electron chi connectivity index (χ3n) is 3.33. The Kier molecular flexibility index (Phi) is 5.47. The molecule has 1 unspecified atom stereocenters. The van der Waals surface area contributed by atoms with Gasteiger partial charge in [0.25, 0.3) is 0 Å². The van der Waals surface area contributed by atoms with E-state index >= 15 is 0 Å². The lowest BCUT2D eigenvalue weighted by Gasteiger charge is -2.21. The smallest absolute Gasteiger partial charge is 0.231 e. The first-order valence-electron chi connectivity index (χ1n) is 5.91. The summed E-state index contributed by atoms with van der Waals surface area (Å²) in [7, 11) is 1.56. The SMILES string of the molecule is COc1ccc(NC(=O)C2(C)CCNC2)cc1Cl.Cl. The molecule has 1 heterocycles. The molecule has 1 amide bonds. The summed E-state index contributed by atoms with van der Waals surface area (Å²) in [6.07, 6.45) is 0.850. The Morgan fingerprint density at radius 3 is 2.79 bits per heavy atom. The molecular formula is C13H18Cl2N2O2. The van der Waals surface area contributed by atoms with E-state index in [1.807, 2.05) is 6.92 Å². The van der Waals surface area contributed by atoms with Crippen molar-refractivity contribution in [2.45, 2.75) is 13.3 Å². The fourth-order valence-corrected chi connectivity index (χ4v) is 2.29. The molecule has 0 aliphatic carbocycles. The number of carbonyl (C=O) groups excluding carboxylic acids is 1. The molecule has 1 atom stereocenters. The molecule has 0 saturated carbocycles. The number of hydrogen-bond acceptors (Lipinski definition) is 3. The predicted molar refractivity (Wildman–Crippen MR) is 79.5 cm³/mol. The highest BCUT2D eigenvalue weighted by Gasteiger charge is 2.36. The van der Waals surface area contributed by atoms with Crippen LogP contribution in [0.1, 0.15) is 13.3 Å². The molecule has 4 nitrogen and oxygen atoms in total. The number of methoxy groups -OCH3 is 1. The summed E-state index contributed by atoms with van der Waals surface area (Å²) in [5.41, 5.74) is 0.353. The minimum atomic E-state index is -0.341. The van der Waals surface area contributed by atoms with Crippen LogP contribution in [0, 0.1) is 5.41 Å². The zero-order valence-electron chi connectivity index (χ0n) is 11.0. The highest BCUT2D eigenvalue weighted by Crippen LogP contribution is 2.30. The molecule has 1 fully saturated rings. The number of ether oxygens (including phenoxy) is 1. The summed E-state index contributed by atoms with van der Waals surface area (Å²) in [6.45, 7) is 3.56. The van der Waals surface area contributed by atoms with Crippen molar-refractivity contribution < 1.29 is 9.53 Å². The van der Waals surface area contributed by atoms with Crippen molar-refractivity contribution >= 4 is 35.6 Å². The minimum Gasteiger partial charge on any atom is -0.495 e. The van der Waals surface area contributed by atoms with Crippen LogP contribution in [-0.4, -0.2) is 26.1 Å². The summed E-state index contributed by atoms with van der Waals surface area (Å²) < 4.78 is 5.07. The van der Waals surface area contributed by atoms with Crippen LogP contribution < -0.4 is 15.4 Å². The number of amides is 1. The van der Waals surface area contributed by atoms with Crippen LogP contribution in [0.2, 0.25) is 5.02 Å². The Morgan fingerprint density at radius 2 is 2.26 bits per heavy atom. The van der Waals surface area contributed by atoms with Crippen LogP contribution in [0.25, 0.3) is 0 Å². The summed E-state index contributed by atoms with van der Waals surface area (Å²) in [4.78, 5) is 12.2. The predicted octanol–water partition coefficient (Wildman–Crippen LogP) is 2.71. The van der Waals surface area contributed by atoms with Gasteiger partial charge in [0.1, 0.15) is 5.75 Å². The first kappa shape index (κ1) is 16.1. The normalized spacial score (nSPS) is 21.6. The molecule has 2 N–H and O–H groups in total. The maximum absolute atomic E-state index is 12.2. The van der Waals surface area contributed by atoms with Gasteiger partial charge in [0.2, 0.25) is 5.91 Å². The van der Waals surface area contributed by atoms with Crippen molar-refractivity contribution in [2.24, 2.45) is 5.41 Å². The fourth-order valence-electron chi connectivity index (χ4n) is 2.04. The summed E-state index contributed by atoms with van der Waals surface area (Å²) in [5, 5.41) is 6.59. The highest BCUT2D eigenvalue weighted by atomic mass is 35.5. The molecule has 106 valence electrons. The Labute approximate surface area is 124 Å². The zero-order chi connectivity index (χ0) is 13.2. The lowest BCUT2D eigenvalue weighted by Crippen LogP contribution is -2.35. The first-order chi connectivity index (χ1) is 8.55. The molecule has 0 spiro atoms. The fraction of sp³-hybridized carbons (Fsp3) is 0.462. The van der Waals surface area contributed by atoms with E-state index in [0.29, 0.717) is 23.0 Å². The molecule has 1 aliphatic rings. The Bertz CT molecular complexity index is 460. The lowest BCUT2D eigenvalue weighted by atomic mass is 9.89. The van der Waals surface area contributed by atoms with Gasteiger partial charge in [-0.05, 0) is 38.1 Å². The first-order valence-corrected chi connectivity index (χ1v) is 6.29. The van der Waals surface area contributed by atoms with Gasteiger partial charge in [-0.25, -0.2) is 0 Å². The number of rotatable bonds is 3. The Balaban J connectivity index is 0.00000180. The second kappa shape index (κ2) is 6.46. The topological polar surface area (TPSA) is 50.4 Å². The maximum atomic E-state index is 12.2. The van der Waals surface area contributed by atoms with Crippen LogP contribution in [0.3, 0.4) is 0 Å². The van der Waals surface area contributed by atoms with E-state index in [1.54, 1.807) is 25.3 Å². The van der Waals surface area contributed by atoms with Gasteiger partial charge in [0, 0.05) is 12.2 Å². The quantitative estimate of drug-likeness (QED) is 0.903. The number of halogens is 2. The molecule has 6 heteroatoms. The number of hydrogen-bond donors (Lipinski definition) is 2. The van der Waals surface area contributed by atoms with E-state index in [9.17, 15) is 4.79 Å². The van der Waals surface area contributed by atoms with Crippen LogP contribution in [0.15, 0.2) is 18.2 Å². The van der Waals surface area contributed by atoms with E-state index in [0.717, 1.165) is 13.0 Å². The third kappa shape index (κ3) is 3.53. The van der Waals surface area contributed by atoms with Gasteiger partial charge in [-0.2, -0.15) is 0 Å². The summed E-state index contributed by atoms with van der Waals surface area (Å²) >= 11 is 6.02. The van der Waals surface area contributed by atoms with E-state index in [2.05, 4.69) is 10.6 Å². The van der Waals surface area contributed by atoms with Gasteiger partial charge in [-0.1, -0.05) is 11.6 Å². The van der Waals surface area contributed by atoms with E-state index < -0.39 is 0 Å². The molecular weight excluding hydrogens is 287 g/mol. The highest BCUT2D eigenvalue weighted by molar-refractivity contribution is 6.32. The van der Waals surface area contributed by atoms with Crippen LogP contribution in [-0.2, 0) is 4.79 Å². The van der Waals surface area contributed by atoms with Crippen LogP contribution in [0.4, 0.5) is 5.69 Å². The number of anilines is 1. The average Bonchev–Trinajstić information content (AvgIpc) is 2.78. The zero-order valence-corrected chi connectivity index (χ0v) is 12.5. The van der Waals surface area contributed by atoms with Gasteiger partial charge in [0.05, 0.1) is 17.5 Å². The largest absolute Gasteiger partial charge is 0.495 e. The molecule has 1 saturated heterocycles. The van der Waals surface area contributed by atoms with Gasteiger partial charge < -0.3 is 15.4 Å².